The number of amides is 1. The van der Waals surface area contributed by atoms with Crippen LogP contribution in [0.3, 0.4) is 0 Å². The molecule has 6 nitrogen and oxygen atoms in total. The number of nitriles is 1. The molecular formula is C17H18N2O4S. The van der Waals surface area contributed by atoms with Gasteiger partial charge in [0.25, 0.3) is 0 Å². The van der Waals surface area contributed by atoms with E-state index in [-0.39, 0.29) is 24.0 Å². The van der Waals surface area contributed by atoms with E-state index in [0.717, 1.165) is 23.1 Å². The Labute approximate surface area is 144 Å². The van der Waals surface area contributed by atoms with Crippen molar-refractivity contribution in [3.05, 3.63) is 40.4 Å². The molecule has 0 aromatic heterocycles. The molecule has 1 aliphatic heterocycles. The van der Waals surface area contributed by atoms with Crippen LogP contribution in [-0.4, -0.2) is 31.3 Å². The normalized spacial score (nSPS) is 17.0. The van der Waals surface area contributed by atoms with Crippen LogP contribution < -0.4 is 10.1 Å². The Morgan fingerprint density at radius 1 is 1.42 bits per heavy atom. The molecule has 2 rings (SSSR count). The van der Waals surface area contributed by atoms with Gasteiger partial charge in [-0.25, -0.2) is 0 Å². The van der Waals surface area contributed by atoms with Gasteiger partial charge in [0.2, 0.25) is 5.91 Å². The van der Waals surface area contributed by atoms with Crippen molar-refractivity contribution < 1.29 is 19.1 Å². The zero-order chi connectivity index (χ0) is 17.5. The molecular weight excluding hydrogens is 328 g/mol. The van der Waals surface area contributed by atoms with E-state index >= 15 is 0 Å². The SMILES string of the molecule is CCOc1ccc([C@@H]2CC(=O)NC(SCC(=O)OC)=C2C#N)cc1. The second kappa shape index (κ2) is 8.41. The van der Waals surface area contributed by atoms with Gasteiger partial charge in [-0.05, 0) is 24.6 Å². The number of nitrogens with zero attached hydrogens (tertiary/aromatic N) is 1. The highest BCUT2D eigenvalue weighted by molar-refractivity contribution is 8.03. The Bertz CT molecular complexity index is 692. The number of carbonyl (C=O) groups is 2. The molecule has 1 N–H and O–H groups in total. The maximum absolute atomic E-state index is 12.0. The van der Waals surface area contributed by atoms with Crippen molar-refractivity contribution in [1.82, 2.24) is 5.32 Å². The second-order valence-electron chi connectivity index (χ2n) is 5.03. The smallest absolute Gasteiger partial charge is 0.316 e. The lowest BCUT2D eigenvalue weighted by Crippen LogP contribution is -2.31. The first kappa shape index (κ1) is 17.9. The lowest BCUT2D eigenvalue weighted by atomic mass is 9.87. The summed E-state index contributed by atoms with van der Waals surface area (Å²) in [6.45, 7) is 2.48. The number of methoxy groups -OCH3 is 1. The standard InChI is InChI=1S/C17H18N2O4S/c1-3-23-12-6-4-11(5-7-12)13-8-15(20)19-17(14(13)9-18)24-10-16(21)22-2/h4-7,13H,3,8,10H2,1-2H3,(H,19,20)/t13-/m0/s1. The minimum absolute atomic E-state index is 0.0350. The minimum atomic E-state index is -0.415. The summed E-state index contributed by atoms with van der Waals surface area (Å²) in [4.78, 5) is 23.3. The Hall–Kier alpha value is -2.46. The van der Waals surface area contributed by atoms with Gasteiger partial charge in [-0.15, -0.1) is 0 Å². The topological polar surface area (TPSA) is 88.4 Å². The molecule has 0 spiro atoms. The highest BCUT2D eigenvalue weighted by Crippen LogP contribution is 2.36. The van der Waals surface area contributed by atoms with E-state index < -0.39 is 5.97 Å². The Morgan fingerprint density at radius 3 is 2.71 bits per heavy atom. The summed E-state index contributed by atoms with van der Waals surface area (Å²) in [6.07, 6.45) is 0.194. The van der Waals surface area contributed by atoms with Crippen molar-refractivity contribution in [2.45, 2.75) is 19.3 Å². The zero-order valence-electron chi connectivity index (χ0n) is 13.5. The fraction of sp³-hybridized carbons (Fsp3) is 0.353. The molecule has 0 saturated carbocycles. The molecule has 0 saturated heterocycles. The van der Waals surface area contributed by atoms with Gasteiger partial charge in [0, 0.05) is 12.3 Å². The fourth-order valence-electron chi connectivity index (χ4n) is 2.37. The second-order valence-corrected chi connectivity index (χ2v) is 6.01. The van der Waals surface area contributed by atoms with Gasteiger partial charge in [-0.2, -0.15) is 5.26 Å². The van der Waals surface area contributed by atoms with E-state index in [1.54, 1.807) is 0 Å². The molecule has 1 atom stereocenters. The third-order valence-electron chi connectivity index (χ3n) is 3.51. The number of rotatable bonds is 6. The molecule has 1 aromatic carbocycles. The predicted molar refractivity (Wildman–Crippen MR) is 90.2 cm³/mol. The maximum atomic E-state index is 12.0. The van der Waals surface area contributed by atoms with Crippen molar-refractivity contribution in [3.8, 4) is 11.8 Å². The third kappa shape index (κ3) is 4.30. The highest BCUT2D eigenvalue weighted by Gasteiger charge is 2.29. The number of hydrogen-bond donors (Lipinski definition) is 1. The zero-order valence-corrected chi connectivity index (χ0v) is 14.3. The summed E-state index contributed by atoms with van der Waals surface area (Å²) >= 11 is 1.10. The van der Waals surface area contributed by atoms with Gasteiger partial charge in [0.05, 0.1) is 36.1 Å². The van der Waals surface area contributed by atoms with Gasteiger partial charge in [0.1, 0.15) is 5.75 Å². The number of benzene rings is 1. The lowest BCUT2D eigenvalue weighted by Gasteiger charge is -2.25. The molecule has 7 heteroatoms. The Kier molecular flexibility index (Phi) is 6.27. The van der Waals surface area contributed by atoms with Crippen LogP contribution >= 0.6 is 11.8 Å². The molecule has 1 aliphatic rings. The van der Waals surface area contributed by atoms with Crippen LogP contribution in [0.4, 0.5) is 0 Å². The summed E-state index contributed by atoms with van der Waals surface area (Å²) in [5, 5.41) is 12.6. The summed E-state index contributed by atoms with van der Waals surface area (Å²) in [5.74, 6) is -0.154. The first-order valence-electron chi connectivity index (χ1n) is 7.45. The quantitative estimate of drug-likeness (QED) is 0.795. The summed E-state index contributed by atoms with van der Waals surface area (Å²) in [6, 6.07) is 9.52. The summed E-state index contributed by atoms with van der Waals surface area (Å²) in [7, 11) is 1.30. The first-order valence-corrected chi connectivity index (χ1v) is 8.44. The minimum Gasteiger partial charge on any atom is -0.494 e. The molecule has 0 radical (unpaired) electrons. The number of allylic oxidation sites excluding steroid dienone is 1. The molecule has 0 aliphatic carbocycles. The predicted octanol–water partition coefficient (Wildman–Crippen LogP) is 2.33. The monoisotopic (exact) mass is 346 g/mol. The van der Waals surface area contributed by atoms with Crippen LogP contribution in [0.5, 0.6) is 5.75 Å². The molecule has 0 fully saturated rings. The van der Waals surface area contributed by atoms with Gasteiger partial charge in [-0.1, -0.05) is 23.9 Å². The molecule has 126 valence electrons. The maximum Gasteiger partial charge on any atom is 0.316 e. The summed E-state index contributed by atoms with van der Waals surface area (Å²) < 4.78 is 10.0. The lowest BCUT2D eigenvalue weighted by molar-refractivity contribution is -0.137. The van der Waals surface area contributed by atoms with Crippen molar-refractivity contribution in [2.24, 2.45) is 0 Å². The van der Waals surface area contributed by atoms with Crippen LogP contribution in [0.1, 0.15) is 24.8 Å². The van der Waals surface area contributed by atoms with E-state index in [0.29, 0.717) is 17.2 Å². The Morgan fingerprint density at radius 2 is 2.12 bits per heavy atom. The number of ether oxygens (including phenoxy) is 2. The Balaban J connectivity index is 2.28. The molecule has 1 amide bonds. The molecule has 24 heavy (non-hydrogen) atoms. The van der Waals surface area contributed by atoms with Crippen molar-refractivity contribution in [3.63, 3.8) is 0 Å². The van der Waals surface area contributed by atoms with Crippen LogP contribution in [0, 0.1) is 11.3 Å². The molecule has 1 aromatic rings. The highest BCUT2D eigenvalue weighted by atomic mass is 32.2. The average Bonchev–Trinajstić information content (AvgIpc) is 2.60. The fourth-order valence-corrected chi connectivity index (χ4v) is 3.28. The third-order valence-corrected chi connectivity index (χ3v) is 4.50. The van der Waals surface area contributed by atoms with Crippen LogP contribution in [0.25, 0.3) is 0 Å². The van der Waals surface area contributed by atoms with E-state index in [1.165, 1.54) is 7.11 Å². The van der Waals surface area contributed by atoms with E-state index in [4.69, 9.17) is 4.74 Å². The number of esters is 1. The van der Waals surface area contributed by atoms with Crippen molar-refractivity contribution >= 4 is 23.6 Å². The average molecular weight is 346 g/mol. The first-order chi connectivity index (χ1) is 11.6. The van der Waals surface area contributed by atoms with E-state index in [2.05, 4.69) is 16.1 Å². The van der Waals surface area contributed by atoms with Crippen molar-refractivity contribution in [1.29, 1.82) is 5.26 Å². The van der Waals surface area contributed by atoms with Crippen LogP contribution in [0.2, 0.25) is 0 Å². The summed E-state index contributed by atoms with van der Waals surface area (Å²) in [5.41, 5.74) is 1.31. The van der Waals surface area contributed by atoms with Gasteiger partial charge in [-0.3, -0.25) is 9.59 Å². The van der Waals surface area contributed by atoms with E-state index in [9.17, 15) is 14.9 Å². The molecule has 1 heterocycles. The molecule has 0 bridgehead atoms. The largest absolute Gasteiger partial charge is 0.494 e. The number of hydrogen-bond acceptors (Lipinski definition) is 6. The molecule has 0 unspecified atom stereocenters. The van der Waals surface area contributed by atoms with Crippen molar-refractivity contribution in [2.75, 3.05) is 19.5 Å². The van der Waals surface area contributed by atoms with Gasteiger partial charge in [0.15, 0.2) is 0 Å². The van der Waals surface area contributed by atoms with Crippen LogP contribution in [0.15, 0.2) is 34.9 Å². The number of thioether (sulfide) groups is 1. The van der Waals surface area contributed by atoms with E-state index in [1.807, 2.05) is 31.2 Å². The van der Waals surface area contributed by atoms with Gasteiger partial charge < -0.3 is 14.8 Å². The number of nitrogens with one attached hydrogen (secondary N) is 1. The number of carbonyl (C=O) groups excluding carboxylic acids is 2. The van der Waals surface area contributed by atoms with Gasteiger partial charge >= 0.3 is 5.97 Å². The van der Waals surface area contributed by atoms with Crippen LogP contribution in [-0.2, 0) is 14.3 Å².